The van der Waals surface area contributed by atoms with Gasteiger partial charge in [-0.3, -0.25) is 4.79 Å². The van der Waals surface area contributed by atoms with E-state index < -0.39 is 9.84 Å². The second kappa shape index (κ2) is 4.71. The van der Waals surface area contributed by atoms with Gasteiger partial charge in [0, 0.05) is 23.8 Å². The van der Waals surface area contributed by atoms with E-state index in [9.17, 15) is 13.2 Å². The molecule has 84 valence electrons. The van der Waals surface area contributed by atoms with Crippen LogP contribution in [0.2, 0.25) is 0 Å². The standard InChI is InChI=1S/C8H12N2O3S2/c1-6-5-9-8(14-6)10-7(11)3-4-15(2,12)13/h5H,3-4H2,1-2H3,(H,9,10,11). The SMILES string of the molecule is Cc1cnc(NC(=O)CCS(C)(=O)=O)s1. The Bertz CT molecular complexity index is 450. The number of anilines is 1. The second-order valence-corrected chi connectivity index (χ2v) is 6.70. The van der Waals surface area contributed by atoms with Crippen molar-refractivity contribution in [2.75, 3.05) is 17.3 Å². The zero-order valence-corrected chi connectivity index (χ0v) is 10.1. The van der Waals surface area contributed by atoms with E-state index in [-0.39, 0.29) is 18.1 Å². The normalized spacial score (nSPS) is 11.3. The highest BCUT2D eigenvalue weighted by Crippen LogP contribution is 2.16. The summed E-state index contributed by atoms with van der Waals surface area (Å²) in [7, 11) is -3.08. The van der Waals surface area contributed by atoms with Crippen molar-refractivity contribution < 1.29 is 13.2 Å². The number of nitrogens with zero attached hydrogens (tertiary/aromatic N) is 1. The molecule has 0 saturated carbocycles. The molecular formula is C8H12N2O3S2. The molecule has 1 aromatic rings. The lowest BCUT2D eigenvalue weighted by atomic mass is 10.5. The third kappa shape index (κ3) is 4.89. The van der Waals surface area contributed by atoms with E-state index in [1.165, 1.54) is 11.3 Å². The van der Waals surface area contributed by atoms with Crippen molar-refractivity contribution in [2.24, 2.45) is 0 Å². The van der Waals surface area contributed by atoms with Gasteiger partial charge < -0.3 is 5.32 Å². The van der Waals surface area contributed by atoms with Crippen molar-refractivity contribution in [1.29, 1.82) is 0 Å². The molecule has 5 nitrogen and oxygen atoms in total. The van der Waals surface area contributed by atoms with Crippen LogP contribution in [0.1, 0.15) is 11.3 Å². The number of rotatable bonds is 4. The van der Waals surface area contributed by atoms with E-state index in [1.54, 1.807) is 6.20 Å². The van der Waals surface area contributed by atoms with Crippen LogP contribution in [0.25, 0.3) is 0 Å². The smallest absolute Gasteiger partial charge is 0.227 e. The first kappa shape index (κ1) is 12.1. The summed E-state index contributed by atoms with van der Waals surface area (Å²) >= 11 is 1.36. The molecule has 0 aliphatic rings. The first-order chi connectivity index (χ1) is 6.87. The Kier molecular flexibility index (Phi) is 3.81. The maximum Gasteiger partial charge on any atom is 0.227 e. The van der Waals surface area contributed by atoms with E-state index in [0.29, 0.717) is 5.13 Å². The Hall–Kier alpha value is -0.950. The molecule has 1 rings (SSSR count). The van der Waals surface area contributed by atoms with Gasteiger partial charge in [-0.05, 0) is 6.92 Å². The highest BCUT2D eigenvalue weighted by molar-refractivity contribution is 7.90. The lowest BCUT2D eigenvalue weighted by Gasteiger charge is -1.99. The molecule has 0 aromatic carbocycles. The Balaban J connectivity index is 2.44. The molecule has 1 N–H and O–H groups in total. The number of sulfone groups is 1. The quantitative estimate of drug-likeness (QED) is 0.856. The number of amides is 1. The number of thiazole rings is 1. The average Bonchev–Trinajstić information content (AvgIpc) is 2.47. The molecule has 0 fully saturated rings. The lowest BCUT2D eigenvalue weighted by molar-refractivity contribution is -0.115. The predicted molar refractivity (Wildman–Crippen MR) is 59.8 cm³/mol. The summed E-state index contributed by atoms with van der Waals surface area (Å²) < 4.78 is 21.6. The Morgan fingerprint density at radius 1 is 1.60 bits per heavy atom. The van der Waals surface area contributed by atoms with Gasteiger partial charge in [0.15, 0.2) is 5.13 Å². The lowest BCUT2D eigenvalue weighted by Crippen LogP contribution is -2.16. The van der Waals surface area contributed by atoms with Crippen LogP contribution < -0.4 is 5.32 Å². The van der Waals surface area contributed by atoms with E-state index >= 15 is 0 Å². The van der Waals surface area contributed by atoms with E-state index in [4.69, 9.17) is 0 Å². The van der Waals surface area contributed by atoms with E-state index in [2.05, 4.69) is 10.3 Å². The number of hydrogen-bond donors (Lipinski definition) is 1. The first-order valence-corrected chi connectivity index (χ1v) is 7.14. The summed E-state index contributed by atoms with van der Waals surface area (Å²) in [5.74, 6) is -0.460. The fourth-order valence-corrected chi connectivity index (χ4v) is 2.11. The first-order valence-electron chi connectivity index (χ1n) is 4.27. The summed E-state index contributed by atoms with van der Waals surface area (Å²) in [6.07, 6.45) is 2.72. The molecule has 1 aromatic heterocycles. The maximum absolute atomic E-state index is 11.3. The number of nitrogens with one attached hydrogen (secondary N) is 1. The van der Waals surface area contributed by atoms with Gasteiger partial charge in [-0.2, -0.15) is 0 Å². The van der Waals surface area contributed by atoms with Crippen molar-refractivity contribution in [3.8, 4) is 0 Å². The van der Waals surface area contributed by atoms with E-state index in [0.717, 1.165) is 11.1 Å². The molecule has 7 heteroatoms. The number of aryl methyl sites for hydroxylation is 1. The minimum Gasteiger partial charge on any atom is -0.302 e. The van der Waals surface area contributed by atoms with Crippen molar-refractivity contribution >= 4 is 32.2 Å². The van der Waals surface area contributed by atoms with Crippen LogP contribution in [0.15, 0.2) is 6.20 Å². The van der Waals surface area contributed by atoms with Crippen molar-refractivity contribution in [2.45, 2.75) is 13.3 Å². The third-order valence-corrected chi connectivity index (χ3v) is 3.34. The molecule has 1 amide bonds. The van der Waals surface area contributed by atoms with Crippen LogP contribution in [0.4, 0.5) is 5.13 Å². The van der Waals surface area contributed by atoms with Gasteiger partial charge >= 0.3 is 0 Å². The minimum absolute atomic E-state index is 0.0303. The Labute approximate surface area is 92.5 Å². The largest absolute Gasteiger partial charge is 0.302 e. The molecule has 0 atom stereocenters. The summed E-state index contributed by atoms with van der Waals surface area (Å²) in [6, 6.07) is 0. The highest BCUT2D eigenvalue weighted by atomic mass is 32.2. The molecule has 0 aliphatic heterocycles. The third-order valence-electron chi connectivity index (χ3n) is 1.57. The number of hydrogen-bond acceptors (Lipinski definition) is 5. The van der Waals surface area contributed by atoms with Crippen LogP contribution in [0.5, 0.6) is 0 Å². The summed E-state index contributed by atoms with van der Waals surface area (Å²) in [5.41, 5.74) is 0. The van der Waals surface area contributed by atoms with Crippen molar-refractivity contribution in [3.05, 3.63) is 11.1 Å². The topological polar surface area (TPSA) is 76.1 Å². The van der Waals surface area contributed by atoms with E-state index in [1.807, 2.05) is 6.92 Å². The molecule has 15 heavy (non-hydrogen) atoms. The summed E-state index contributed by atoms with van der Waals surface area (Å²) in [6.45, 7) is 1.88. The fraction of sp³-hybridized carbons (Fsp3) is 0.500. The van der Waals surface area contributed by atoms with Gasteiger partial charge in [0.1, 0.15) is 9.84 Å². The van der Waals surface area contributed by atoms with Gasteiger partial charge in [0.2, 0.25) is 5.91 Å². The number of carbonyl (C=O) groups excluding carboxylic acids is 1. The molecule has 0 saturated heterocycles. The van der Waals surface area contributed by atoms with Crippen LogP contribution in [0, 0.1) is 6.92 Å². The average molecular weight is 248 g/mol. The van der Waals surface area contributed by atoms with Crippen molar-refractivity contribution in [3.63, 3.8) is 0 Å². The van der Waals surface area contributed by atoms with Crippen LogP contribution >= 0.6 is 11.3 Å². The van der Waals surface area contributed by atoms with Gasteiger partial charge in [-0.25, -0.2) is 13.4 Å². The zero-order chi connectivity index (χ0) is 11.5. The monoisotopic (exact) mass is 248 g/mol. The maximum atomic E-state index is 11.3. The molecule has 0 unspecified atom stereocenters. The zero-order valence-electron chi connectivity index (χ0n) is 8.48. The van der Waals surface area contributed by atoms with Crippen LogP contribution in [-0.4, -0.2) is 31.3 Å². The minimum atomic E-state index is -3.08. The molecule has 0 radical (unpaired) electrons. The molecule has 0 bridgehead atoms. The second-order valence-electron chi connectivity index (χ2n) is 3.20. The summed E-state index contributed by atoms with van der Waals surface area (Å²) in [5, 5.41) is 3.04. The van der Waals surface area contributed by atoms with Gasteiger partial charge in [-0.15, -0.1) is 11.3 Å². The predicted octanol–water partition coefficient (Wildman–Crippen LogP) is 0.825. The molecule has 0 spiro atoms. The van der Waals surface area contributed by atoms with Gasteiger partial charge in [0.25, 0.3) is 0 Å². The van der Waals surface area contributed by atoms with Crippen LogP contribution in [-0.2, 0) is 14.6 Å². The van der Waals surface area contributed by atoms with Gasteiger partial charge in [0.05, 0.1) is 5.75 Å². The number of carbonyl (C=O) groups is 1. The molecular weight excluding hydrogens is 236 g/mol. The Morgan fingerprint density at radius 2 is 2.27 bits per heavy atom. The van der Waals surface area contributed by atoms with Crippen molar-refractivity contribution in [1.82, 2.24) is 4.98 Å². The number of aromatic nitrogens is 1. The fourth-order valence-electron chi connectivity index (χ4n) is 0.872. The highest BCUT2D eigenvalue weighted by Gasteiger charge is 2.09. The Morgan fingerprint density at radius 3 is 2.73 bits per heavy atom. The van der Waals surface area contributed by atoms with Gasteiger partial charge in [-0.1, -0.05) is 0 Å². The molecule has 1 heterocycles. The van der Waals surface area contributed by atoms with Crippen LogP contribution in [0.3, 0.4) is 0 Å². The molecule has 0 aliphatic carbocycles. The summed E-state index contributed by atoms with van der Waals surface area (Å²) in [4.78, 5) is 16.2.